The van der Waals surface area contributed by atoms with Gasteiger partial charge in [0.25, 0.3) is 0 Å². The van der Waals surface area contributed by atoms with Crippen LogP contribution in [-0.2, 0) is 12.8 Å². The van der Waals surface area contributed by atoms with Gasteiger partial charge in [-0.05, 0) is 130 Å². The van der Waals surface area contributed by atoms with E-state index in [1.165, 1.54) is 114 Å². The van der Waals surface area contributed by atoms with Crippen molar-refractivity contribution in [3.63, 3.8) is 0 Å². The zero-order valence-electron chi connectivity index (χ0n) is 32.2. The van der Waals surface area contributed by atoms with Gasteiger partial charge >= 0.3 is 0 Å². The van der Waals surface area contributed by atoms with Crippen LogP contribution in [-0.4, -0.2) is 8.07 Å². The molecule has 0 amide bonds. The number of benzene rings is 9. The summed E-state index contributed by atoms with van der Waals surface area (Å²) in [6.45, 7) is 7.39. The first-order valence-corrected chi connectivity index (χ1v) is 22.5. The molecule has 1 heteroatoms. The lowest BCUT2D eigenvalue weighted by molar-refractivity contribution is 1.19. The molecule has 0 saturated carbocycles. The van der Waals surface area contributed by atoms with Gasteiger partial charge in [0, 0.05) is 0 Å². The SMILES string of the molecule is CC1=C(c2cccc3ccc4ccccc4c23)c2c(cccc2[Si](C)(c2ccccc2)c2cccc3c2C(c2cccc4ccc5ccccc5c24)=C(C)C3)C1. The predicted molar refractivity (Wildman–Crippen MR) is 244 cm³/mol. The van der Waals surface area contributed by atoms with Crippen LogP contribution < -0.4 is 15.6 Å². The van der Waals surface area contributed by atoms with Crippen molar-refractivity contribution in [3.8, 4) is 0 Å². The molecule has 0 unspecified atom stereocenters. The molecule has 0 radical (unpaired) electrons. The van der Waals surface area contributed by atoms with Crippen LogP contribution in [0.2, 0.25) is 6.55 Å². The molecule has 0 heterocycles. The molecule has 0 aromatic heterocycles. The molecular weight excluding hydrogens is 689 g/mol. The van der Waals surface area contributed by atoms with Gasteiger partial charge in [0.1, 0.15) is 8.07 Å². The lowest BCUT2D eigenvalue weighted by atomic mass is 9.90. The van der Waals surface area contributed by atoms with E-state index in [4.69, 9.17) is 0 Å². The smallest absolute Gasteiger partial charge is 0.0624 e. The number of allylic oxidation sites excluding steroid dienone is 2. The Labute approximate surface area is 330 Å². The first kappa shape index (κ1) is 33.1. The maximum atomic E-state index is 2.64. The summed E-state index contributed by atoms with van der Waals surface area (Å²) in [5.74, 6) is 0. The summed E-state index contributed by atoms with van der Waals surface area (Å²) in [6.07, 6.45) is 1.94. The Hall–Kier alpha value is -6.28. The monoisotopic (exact) mass is 730 g/mol. The molecule has 0 N–H and O–H groups in total. The predicted octanol–water partition coefficient (Wildman–Crippen LogP) is 12.2. The molecule has 0 fully saturated rings. The van der Waals surface area contributed by atoms with Crippen LogP contribution in [0.1, 0.15) is 47.2 Å². The Morgan fingerprint density at radius 2 is 0.786 bits per heavy atom. The van der Waals surface area contributed by atoms with E-state index in [0.29, 0.717) is 0 Å². The van der Waals surface area contributed by atoms with Crippen molar-refractivity contribution in [2.75, 3.05) is 0 Å². The Morgan fingerprint density at radius 1 is 0.375 bits per heavy atom. The number of hydrogen-bond acceptors (Lipinski definition) is 0. The second kappa shape index (κ2) is 12.6. The first-order chi connectivity index (χ1) is 27.5. The van der Waals surface area contributed by atoms with E-state index in [0.717, 1.165) is 12.8 Å². The Bertz CT molecular complexity index is 2970. The zero-order valence-corrected chi connectivity index (χ0v) is 33.2. The van der Waals surface area contributed by atoms with Gasteiger partial charge < -0.3 is 0 Å². The van der Waals surface area contributed by atoms with E-state index in [-0.39, 0.29) is 0 Å². The lowest BCUT2D eigenvalue weighted by Gasteiger charge is -2.34. The molecule has 2 aliphatic rings. The molecule has 0 nitrogen and oxygen atoms in total. The van der Waals surface area contributed by atoms with Gasteiger partial charge in [-0.3, -0.25) is 0 Å². The maximum absolute atomic E-state index is 2.71. The molecule has 0 bridgehead atoms. The second-order valence-electron chi connectivity index (χ2n) is 16.2. The summed E-state index contributed by atoms with van der Waals surface area (Å²) in [5.41, 5.74) is 14.3. The zero-order chi connectivity index (χ0) is 37.5. The third-order valence-corrected chi connectivity index (χ3v) is 17.5. The minimum atomic E-state index is -2.71. The maximum Gasteiger partial charge on any atom is 0.147 e. The molecule has 0 spiro atoms. The highest BCUT2D eigenvalue weighted by atomic mass is 28.3. The standard InChI is InChI=1S/C55H42Si/c1-35-33-41-19-13-27-48(54(41)50(35)46-25-11-17-39-31-29-37-15-7-9-23-44(37)52(39)46)56(3,43-21-5-4-6-22-43)49-28-14-20-42-34-36(2)51(55(42)49)47-26-12-18-40-32-30-38-16-8-10-24-45(38)53(40)47/h4-32H,33-34H2,1-3H3. The van der Waals surface area contributed by atoms with E-state index in [1.807, 2.05) is 0 Å². The van der Waals surface area contributed by atoms with Crippen molar-refractivity contribution in [2.24, 2.45) is 0 Å². The van der Waals surface area contributed by atoms with Gasteiger partial charge in [0.2, 0.25) is 0 Å². The quantitative estimate of drug-likeness (QED) is 0.0940. The van der Waals surface area contributed by atoms with Crippen molar-refractivity contribution in [3.05, 3.63) is 220 Å². The summed E-state index contributed by atoms with van der Waals surface area (Å²) in [7, 11) is -2.71. The molecule has 0 saturated heterocycles. The Morgan fingerprint density at radius 3 is 1.29 bits per heavy atom. The summed E-state index contributed by atoms with van der Waals surface area (Å²) in [6, 6.07) is 66.8. The van der Waals surface area contributed by atoms with Gasteiger partial charge in [-0.25, -0.2) is 0 Å². The Balaban J connectivity index is 1.20. The molecular formula is C55H42Si. The van der Waals surface area contributed by atoms with E-state index in [9.17, 15) is 0 Å². The van der Waals surface area contributed by atoms with Crippen molar-refractivity contribution in [1.82, 2.24) is 0 Å². The van der Waals surface area contributed by atoms with Crippen LogP contribution in [0.5, 0.6) is 0 Å². The molecule has 11 rings (SSSR count). The first-order valence-electron chi connectivity index (χ1n) is 20.0. The largest absolute Gasteiger partial charge is 0.147 e. The average molecular weight is 731 g/mol. The minimum absolute atomic E-state index is 0.971. The fourth-order valence-electron chi connectivity index (χ4n) is 10.6. The molecule has 266 valence electrons. The van der Waals surface area contributed by atoms with Crippen molar-refractivity contribution < 1.29 is 0 Å². The minimum Gasteiger partial charge on any atom is -0.0624 e. The molecule has 56 heavy (non-hydrogen) atoms. The van der Waals surface area contributed by atoms with Crippen molar-refractivity contribution in [1.29, 1.82) is 0 Å². The number of rotatable bonds is 5. The highest BCUT2D eigenvalue weighted by molar-refractivity contribution is 7.11. The summed E-state index contributed by atoms with van der Waals surface area (Å²) in [4.78, 5) is 0. The van der Waals surface area contributed by atoms with Crippen LogP contribution in [0, 0.1) is 0 Å². The van der Waals surface area contributed by atoms with Gasteiger partial charge in [0.15, 0.2) is 0 Å². The highest BCUT2D eigenvalue weighted by Gasteiger charge is 2.42. The van der Waals surface area contributed by atoms with E-state index >= 15 is 0 Å². The van der Waals surface area contributed by atoms with Crippen molar-refractivity contribution in [2.45, 2.75) is 33.2 Å². The summed E-state index contributed by atoms with van der Waals surface area (Å²) in [5, 5.41) is 15.0. The van der Waals surface area contributed by atoms with E-state index in [2.05, 4.69) is 196 Å². The van der Waals surface area contributed by atoms with E-state index in [1.54, 1.807) is 0 Å². The summed E-state index contributed by atoms with van der Waals surface area (Å²) >= 11 is 0. The van der Waals surface area contributed by atoms with Gasteiger partial charge in [0.05, 0.1) is 0 Å². The molecule has 0 aliphatic heterocycles. The second-order valence-corrected chi connectivity index (χ2v) is 20.1. The number of fused-ring (bicyclic) bond motifs is 8. The van der Waals surface area contributed by atoms with Crippen LogP contribution in [0.3, 0.4) is 0 Å². The lowest BCUT2D eigenvalue weighted by Crippen LogP contribution is -2.66. The average Bonchev–Trinajstić information content (AvgIpc) is 3.77. The third kappa shape index (κ3) is 4.77. The molecule has 0 atom stereocenters. The van der Waals surface area contributed by atoms with Crippen LogP contribution in [0.4, 0.5) is 0 Å². The summed E-state index contributed by atoms with van der Waals surface area (Å²) < 4.78 is 0. The van der Waals surface area contributed by atoms with Gasteiger partial charge in [-0.1, -0.05) is 194 Å². The molecule has 9 aromatic carbocycles. The normalized spacial score (nSPS) is 14.1. The Kier molecular flexibility index (Phi) is 7.46. The molecule has 2 aliphatic carbocycles. The van der Waals surface area contributed by atoms with Gasteiger partial charge in [-0.2, -0.15) is 0 Å². The topological polar surface area (TPSA) is 0 Å². The highest BCUT2D eigenvalue weighted by Crippen LogP contribution is 2.44. The molecule has 9 aromatic rings. The third-order valence-electron chi connectivity index (χ3n) is 13.1. The van der Waals surface area contributed by atoms with E-state index < -0.39 is 8.07 Å². The number of hydrogen-bond donors (Lipinski definition) is 0. The van der Waals surface area contributed by atoms with Crippen LogP contribution in [0.15, 0.2) is 187 Å². The van der Waals surface area contributed by atoms with Crippen molar-refractivity contribution >= 4 is 77.9 Å². The van der Waals surface area contributed by atoms with Crippen LogP contribution in [0.25, 0.3) is 54.2 Å². The fraction of sp³-hybridized carbons (Fsp3) is 0.0909. The van der Waals surface area contributed by atoms with Crippen LogP contribution >= 0.6 is 0 Å². The van der Waals surface area contributed by atoms with Gasteiger partial charge in [-0.15, -0.1) is 0 Å². The fourth-order valence-corrected chi connectivity index (χ4v) is 14.8.